The van der Waals surface area contributed by atoms with E-state index in [9.17, 15) is 19.8 Å². The Hall–Kier alpha value is -2.85. The predicted molar refractivity (Wildman–Crippen MR) is 153 cm³/mol. The first-order valence-corrected chi connectivity index (χ1v) is 14.9. The van der Waals surface area contributed by atoms with Gasteiger partial charge in [0, 0.05) is 41.1 Å². The molecular weight excluding hydrogens is 518 g/mol. The molecule has 3 aromatic rings. The number of hydrogen-bond donors (Lipinski definition) is 3. The first-order chi connectivity index (χ1) is 18.4. The lowest BCUT2D eigenvalue weighted by Gasteiger charge is -2.36. The minimum atomic E-state index is -0.910. The summed E-state index contributed by atoms with van der Waals surface area (Å²) in [5, 5.41) is 24.3. The van der Waals surface area contributed by atoms with E-state index in [1.807, 2.05) is 30.3 Å². The van der Waals surface area contributed by atoms with E-state index in [0.717, 1.165) is 53.3 Å². The number of thiazole rings is 1. The van der Waals surface area contributed by atoms with Crippen molar-refractivity contribution in [1.82, 2.24) is 9.88 Å². The number of carbonyl (C=O) groups is 2. The fraction of sp³-hybridized carbons (Fsp3) is 0.414. The van der Waals surface area contributed by atoms with Gasteiger partial charge in [0.15, 0.2) is 0 Å². The molecule has 5 rings (SSSR count). The molecule has 1 aliphatic carbocycles. The highest BCUT2D eigenvalue weighted by Gasteiger charge is 2.31. The molecule has 1 amide bonds. The molecule has 1 aromatic carbocycles. The van der Waals surface area contributed by atoms with E-state index in [0.29, 0.717) is 35.3 Å². The second kappa shape index (κ2) is 11.9. The number of benzene rings is 1. The van der Waals surface area contributed by atoms with Crippen molar-refractivity contribution in [3.8, 4) is 10.4 Å². The van der Waals surface area contributed by atoms with Gasteiger partial charge in [0.2, 0.25) is 0 Å². The van der Waals surface area contributed by atoms with Crippen molar-refractivity contribution in [2.45, 2.75) is 39.0 Å². The molecule has 3 N–H and O–H groups in total. The maximum atomic E-state index is 12.4. The zero-order valence-electron chi connectivity index (χ0n) is 21.5. The molecule has 2 aromatic heterocycles. The summed E-state index contributed by atoms with van der Waals surface area (Å²) in [6.07, 6.45) is 5.68. The monoisotopic (exact) mass is 551 g/mol. The molecule has 7 nitrogen and oxygen atoms in total. The number of aliphatic hydroxyl groups is 1. The summed E-state index contributed by atoms with van der Waals surface area (Å²) in [5.74, 6) is 0.0862. The van der Waals surface area contributed by atoms with Gasteiger partial charge in [-0.05, 0) is 60.4 Å². The summed E-state index contributed by atoms with van der Waals surface area (Å²) >= 11 is 2.67. The van der Waals surface area contributed by atoms with Crippen molar-refractivity contribution < 1.29 is 19.8 Å². The average Bonchev–Trinajstić information content (AvgIpc) is 3.61. The number of carboxylic acids is 1. The number of aromatic nitrogens is 1. The normalized spacial score (nSPS) is 20.5. The first-order valence-electron chi connectivity index (χ1n) is 13.2. The fourth-order valence-electron chi connectivity index (χ4n) is 5.64. The molecule has 0 radical (unpaired) electrons. The highest BCUT2D eigenvalue weighted by Crippen LogP contribution is 2.43. The van der Waals surface area contributed by atoms with Gasteiger partial charge in [0.25, 0.3) is 5.91 Å². The largest absolute Gasteiger partial charge is 0.477 e. The fourth-order valence-corrected chi connectivity index (χ4v) is 7.20. The average molecular weight is 552 g/mol. The number of carboxylic acid groups (broad SMARTS) is 1. The smallest absolute Gasteiger partial charge is 0.346 e. The second-order valence-corrected chi connectivity index (χ2v) is 12.0. The van der Waals surface area contributed by atoms with Crippen LogP contribution in [0.5, 0.6) is 0 Å². The molecule has 2 aliphatic rings. The number of carbonyl (C=O) groups excluding carboxylic acids is 1. The van der Waals surface area contributed by atoms with Gasteiger partial charge in [-0.3, -0.25) is 9.69 Å². The maximum absolute atomic E-state index is 12.4. The van der Waals surface area contributed by atoms with Crippen LogP contribution in [0.1, 0.15) is 64.8 Å². The van der Waals surface area contributed by atoms with Crippen molar-refractivity contribution in [2.24, 2.45) is 11.8 Å². The Bertz CT molecular complexity index is 1310. The number of thiophene rings is 1. The number of anilines is 1. The molecule has 1 fully saturated rings. The third-order valence-corrected chi connectivity index (χ3v) is 9.49. The van der Waals surface area contributed by atoms with Crippen molar-refractivity contribution in [2.75, 3.05) is 31.6 Å². The number of rotatable bonds is 8. The quantitative estimate of drug-likeness (QED) is 0.313. The van der Waals surface area contributed by atoms with Gasteiger partial charge >= 0.3 is 5.97 Å². The molecule has 38 heavy (non-hydrogen) atoms. The molecule has 0 atom stereocenters. The van der Waals surface area contributed by atoms with E-state index in [1.165, 1.54) is 41.1 Å². The van der Waals surface area contributed by atoms with Gasteiger partial charge < -0.3 is 15.5 Å². The van der Waals surface area contributed by atoms with Crippen LogP contribution in [0.25, 0.3) is 16.0 Å². The minimum Gasteiger partial charge on any atom is -0.477 e. The number of β-amino-alcohol motifs (C(OH)–C–C–N with tert-alkyl or cyclic N) is 1. The third-order valence-electron chi connectivity index (χ3n) is 7.74. The van der Waals surface area contributed by atoms with Crippen molar-refractivity contribution in [3.63, 3.8) is 0 Å². The van der Waals surface area contributed by atoms with Crippen molar-refractivity contribution >= 4 is 45.8 Å². The van der Waals surface area contributed by atoms with Crippen LogP contribution in [0.3, 0.4) is 0 Å². The molecular formula is C29H33N3O4S2. The zero-order chi connectivity index (χ0) is 26.6. The number of aliphatic hydroxyl groups excluding tert-OH is 1. The molecule has 0 spiro atoms. The Morgan fingerprint density at radius 1 is 1.16 bits per heavy atom. The lowest BCUT2D eigenvalue weighted by atomic mass is 9.75. The standard InChI is InChI=1S/C29H33N3O4S2/c1-18-2-4-19(5-3-18)22-10-11-32(12-13-33)15-24(22)23-14-26(38-27(23)29(35)36)20-6-8-21(9-7-20)31-28(34)25-16-37-17-30-25/h6-9,14,16-19,33H,2-5,10-13,15H2,1H3,(H,31,34)(H,35,36). The summed E-state index contributed by atoms with van der Waals surface area (Å²) in [6, 6.07) is 9.51. The Labute approximate surface area is 230 Å². The molecule has 0 saturated heterocycles. The van der Waals surface area contributed by atoms with Gasteiger partial charge in [0.05, 0.1) is 12.1 Å². The molecule has 9 heteroatoms. The third kappa shape index (κ3) is 5.91. The summed E-state index contributed by atoms with van der Waals surface area (Å²) in [7, 11) is 0. The van der Waals surface area contributed by atoms with Gasteiger partial charge in [-0.2, -0.15) is 0 Å². The van der Waals surface area contributed by atoms with E-state index in [2.05, 4.69) is 22.1 Å². The molecule has 200 valence electrons. The number of amides is 1. The van der Waals surface area contributed by atoms with E-state index in [-0.39, 0.29) is 12.5 Å². The predicted octanol–water partition coefficient (Wildman–Crippen LogP) is 6.10. The molecule has 3 heterocycles. The molecule has 0 unspecified atom stereocenters. The highest BCUT2D eigenvalue weighted by molar-refractivity contribution is 7.17. The van der Waals surface area contributed by atoms with E-state index in [4.69, 9.17) is 0 Å². The van der Waals surface area contributed by atoms with Gasteiger partial charge in [-0.1, -0.05) is 37.5 Å². The van der Waals surface area contributed by atoms with E-state index < -0.39 is 5.97 Å². The summed E-state index contributed by atoms with van der Waals surface area (Å²) in [6.45, 7) is 4.57. The number of nitrogens with zero attached hydrogens (tertiary/aromatic N) is 2. The van der Waals surface area contributed by atoms with Crippen LogP contribution in [0, 0.1) is 11.8 Å². The van der Waals surface area contributed by atoms with Crippen molar-refractivity contribution in [3.05, 3.63) is 62.9 Å². The van der Waals surface area contributed by atoms with Crippen LogP contribution in [-0.2, 0) is 0 Å². The second-order valence-electron chi connectivity index (χ2n) is 10.3. The van der Waals surface area contributed by atoms with Crippen LogP contribution in [0.4, 0.5) is 5.69 Å². The Kier molecular flexibility index (Phi) is 8.38. The number of hydrogen-bond acceptors (Lipinski definition) is 7. The van der Waals surface area contributed by atoms with E-state index in [1.54, 1.807) is 10.9 Å². The number of aromatic carboxylic acids is 1. The van der Waals surface area contributed by atoms with Gasteiger partial charge in [0.1, 0.15) is 10.6 Å². The van der Waals surface area contributed by atoms with Crippen LogP contribution < -0.4 is 5.32 Å². The summed E-state index contributed by atoms with van der Waals surface area (Å²) in [5.41, 5.74) is 6.94. The van der Waals surface area contributed by atoms with E-state index >= 15 is 0 Å². The Morgan fingerprint density at radius 3 is 2.58 bits per heavy atom. The molecule has 1 saturated carbocycles. The first kappa shape index (κ1) is 26.7. The minimum absolute atomic E-state index is 0.0928. The van der Waals surface area contributed by atoms with Gasteiger partial charge in [-0.25, -0.2) is 9.78 Å². The SMILES string of the molecule is CC1CCC(C2=C(c3cc(-c4ccc(NC(=O)c5cscn5)cc4)sc3C(=O)O)CN(CCO)CC2)CC1. The van der Waals surface area contributed by atoms with Crippen LogP contribution in [0.15, 0.2) is 46.8 Å². The Balaban J connectivity index is 1.46. The van der Waals surface area contributed by atoms with Gasteiger partial charge in [-0.15, -0.1) is 22.7 Å². The van der Waals surface area contributed by atoms with Crippen LogP contribution in [-0.4, -0.2) is 58.2 Å². The maximum Gasteiger partial charge on any atom is 0.346 e. The topological polar surface area (TPSA) is 103 Å². The summed E-state index contributed by atoms with van der Waals surface area (Å²) in [4.78, 5) is 32.3. The molecule has 1 aliphatic heterocycles. The lowest BCUT2D eigenvalue weighted by molar-refractivity contribution is 0.0701. The van der Waals surface area contributed by atoms with Crippen LogP contribution in [0.2, 0.25) is 0 Å². The lowest BCUT2D eigenvalue weighted by Crippen LogP contribution is -2.35. The van der Waals surface area contributed by atoms with Crippen molar-refractivity contribution in [1.29, 1.82) is 0 Å². The zero-order valence-corrected chi connectivity index (χ0v) is 23.1. The molecule has 0 bridgehead atoms. The summed E-state index contributed by atoms with van der Waals surface area (Å²) < 4.78 is 0. The highest BCUT2D eigenvalue weighted by atomic mass is 32.1. The van der Waals surface area contributed by atoms with Crippen LogP contribution >= 0.6 is 22.7 Å². The Morgan fingerprint density at radius 2 is 1.92 bits per heavy atom. The number of nitrogens with one attached hydrogen (secondary N) is 1.